The van der Waals surface area contributed by atoms with E-state index in [0.717, 1.165) is 24.4 Å². The normalized spacial score (nSPS) is 29.8. The Morgan fingerprint density at radius 1 is 0.577 bits per heavy atom. The Labute approximate surface area is 165 Å². The van der Waals surface area contributed by atoms with Crippen molar-refractivity contribution in [3.05, 3.63) is 0 Å². The largest absolute Gasteiger partial charge is 0.378 e. The van der Waals surface area contributed by atoms with Crippen molar-refractivity contribution in [3.63, 3.8) is 0 Å². The summed E-state index contributed by atoms with van der Waals surface area (Å²) < 4.78 is 6.20. The third-order valence-corrected chi connectivity index (χ3v) is 7.34. The van der Waals surface area contributed by atoms with Crippen LogP contribution in [0.1, 0.15) is 129 Å². The van der Waals surface area contributed by atoms with Crippen LogP contribution in [0.2, 0.25) is 0 Å². The summed E-state index contributed by atoms with van der Waals surface area (Å²) in [5.41, 5.74) is 0. The molecule has 26 heavy (non-hydrogen) atoms. The molecule has 1 nitrogen and oxygen atoms in total. The Balaban J connectivity index is 1.48. The van der Waals surface area contributed by atoms with E-state index < -0.39 is 0 Å². The average molecular weight is 365 g/mol. The van der Waals surface area contributed by atoms with Gasteiger partial charge in [-0.1, -0.05) is 84.5 Å². The van der Waals surface area contributed by atoms with Gasteiger partial charge in [0.05, 0.1) is 6.10 Å². The predicted molar refractivity (Wildman–Crippen MR) is 115 cm³/mol. The molecule has 2 aliphatic carbocycles. The van der Waals surface area contributed by atoms with Gasteiger partial charge in [-0.15, -0.1) is 0 Å². The fourth-order valence-electron chi connectivity index (χ4n) is 5.49. The second-order valence-electron chi connectivity index (χ2n) is 9.45. The van der Waals surface area contributed by atoms with Gasteiger partial charge in [0, 0.05) is 6.61 Å². The summed E-state index contributed by atoms with van der Waals surface area (Å²) in [6.45, 7) is 5.63. The van der Waals surface area contributed by atoms with Crippen LogP contribution in [-0.2, 0) is 4.74 Å². The molecule has 0 amide bonds. The van der Waals surface area contributed by atoms with Crippen molar-refractivity contribution in [2.75, 3.05) is 6.61 Å². The molecule has 0 aliphatic heterocycles. The highest BCUT2D eigenvalue weighted by Crippen LogP contribution is 2.41. The van der Waals surface area contributed by atoms with Gasteiger partial charge in [0.15, 0.2) is 0 Å². The van der Waals surface area contributed by atoms with Crippen LogP contribution in [0.3, 0.4) is 0 Å². The molecule has 154 valence electrons. The lowest BCUT2D eigenvalue weighted by atomic mass is 9.70. The minimum atomic E-state index is 0.590. The van der Waals surface area contributed by atoms with Gasteiger partial charge in [0.2, 0.25) is 0 Å². The summed E-state index contributed by atoms with van der Waals surface area (Å²) in [5.74, 6) is 3.15. The van der Waals surface area contributed by atoms with Crippen molar-refractivity contribution in [2.45, 2.75) is 136 Å². The predicted octanol–water partition coefficient (Wildman–Crippen LogP) is 8.31. The molecule has 0 aromatic heterocycles. The fraction of sp³-hybridized carbons (Fsp3) is 1.00. The molecule has 2 fully saturated rings. The Morgan fingerprint density at radius 3 is 1.77 bits per heavy atom. The van der Waals surface area contributed by atoms with Crippen molar-refractivity contribution in [1.29, 1.82) is 0 Å². The first-order chi connectivity index (χ1) is 12.8. The number of rotatable bonds is 13. The van der Waals surface area contributed by atoms with Crippen LogP contribution in [0.5, 0.6) is 0 Å². The third-order valence-electron chi connectivity index (χ3n) is 7.34. The standard InChI is InChI=1S/C25H48O/c1-3-5-7-8-9-11-21-26-25-19-17-24(18-20-25)23-15-13-22(14-16-23)12-10-6-4-2/h22-25H,3-21H2,1-2H3/t22?,23?,24-,25-. The van der Waals surface area contributed by atoms with Gasteiger partial charge in [0.25, 0.3) is 0 Å². The summed E-state index contributed by atoms with van der Waals surface area (Å²) in [7, 11) is 0. The van der Waals surface area contributed by atoms with Crippen molar-refractivity contribution < 1.29 is 4.74 Å². The van der Waals surface area contributed by atoms with Gasteiger partial charge in [-0.3, -0.25) is 0 Å². The average Bonchev–Trinajstić information content (AvgIpc) is 2.69. The molecule has 0 unspecified atom stereocenters. The zero-order chi connectivity index (χ0) is 18.5. The Kier molecular flexibility index (Phi) is 12.0. The highest BCUT2D eigenvalue weighted by molar-refractivity contribution is 4.82. The molecule has 0 radical (unpaired) electrons. The number of unbranched alkanes of at least 4 members (excludes halogenated alkanes) is 7. The zero-order valence-corrected chi connectivity index (χ0v) is 18.2. The molecule has 0 N–H and O–H groups in total. The van der Waals surface area contributed by atoms with Crippen molar-refractivity contribution in [2.24, 2.45) is 17.8 Å². The summed E-state index contributed by atoms with van der Waals surface area (Å²) in [4.78, 5) is 0. The Morgan fingerprint density at radius 2 is 1.12 bits per heavy atom. The van der Waals surface area contributed by atoms with E-state index >= 15 is 0 Å². The minimum absolute atomic E-state index is 0.590. The molecule has 0 aromatic rings. The minimum Gasteiger partial charge on any atom is -0.378 e. The quantitative estimate of drug-likeness (QED) is 0.298. The Bertz CT molecular complexity index is 310. The molecule has 0 bridgehead atoms. The maximum Gasteiger partial charge on any atom is 0.0575 e. The highest BCUT2D eigenvalue weighted by atomic mass is 16.5. The summed E-state index contributed by atoms with van der Waals surface area (Å²) >= 11 is 0. The first kappa shape index (κ1) is 22.3. The second kappa shape index (κ2) is 14.0. The molecular weight excluding hydrogens is 316 g/mol. The van der Waals surface area contributed by atoms with E-state index in [0.29, 0.717) is 6.10 Å². The smallest absolute Gasteiger partial charge is 0.0575 e. The number of hydrogen-bond donors (Lipinski definition) is 0. The van der Waals surface area contributed by atoms with Gasteiger partial charge in [-0.2, -0.15) is 0 Å². The summed E-state index contributed by atoms with van der Waals surface area (Å²) in [6.07, 6.45) is 26.4. The third kappa shape index (κ3) is 8.77. The monoisotopic (exact) mass is 364 g/mol. The van der Waals surface area contributed by atoms with Gasteiger partial charge in [-0.05, 0) is 62.7 Å². The lowest BCUT2D eigenvalue weighted by molar-refractivity contribution is 0.00526. The molecular formula is C25H48O. The zero-order valence-electron chi connectivity index (χ0n) is 18.2. The van der Waals surface area contributed by atoms with Crippen molar-refractivity contribution >= 4 is 0 Å². The van der Waals surface area contributed by atoms with Gasteiger partial charge >= 0.3 is 0 Å². The molecule has 0 saturated heterocycles. The Hall–Kier alpha value is -0.0400. The van der Waals surface area contributed by atoms with Crippen molar-refractivity contribution in [1.82, 2.24) is 0 Å². The van der Waals surface area contributed by atoms with E-state index in [9.17, 15) is 0 Å². The van der Waals surface area contributed by atoms with Crippen LogP contribution in [0.15, 0.2) is 0 Å². The number of hydrogen-bond acceptors (Lipinski definition) is 1. The van der Waals surface area contributed by atoms with Crippen LogP contribution in [0.25, 0.3) is 0 Å². The van der Waals surface area contributed by atoms with Crippen LogP contribution >= 0.6 is 0 Å². The first-order valence-electron chi connectivity index (χ1n) is 12.4. The lowest BCUT2D eigenvalue weighted by Gasteiger charge is -2.38. The molecule has 2 aliphatic rings. The lowest BCUT2D eigenvalue weighted by Crippen LogP contribution is -2.28. The van der Waals surface area contributed by atoms with Gasteiger partial charge < -0.3 is 4.74 Å². The van der Waals surface area contributed by atoms with Crippen molar-refractivity contribution in [3.8, 4) is 0 Å². The molecule has 2 saturated carbocycles. The molecule has 0 aromatic carbocycles. The fourth-order valence-corrected chi connectivity index (χ4v) is 5.49. The maximum atomic E-state index is 6.20. The summed E-state index contributed by atoms with van der Waals surface area (Å²) in [5, 5.41) is 0. The molecule has 0 atom stereocenters. The van der Waals surface area contributed by atoms with Gasteiger partial charge in [-0.25, -0.2) is 0 Å². The first-order valence-corrected chi connectivity index (χ1v) is 12.4. The van der Waals surface area contributed by atoms with E-state index in [-0.39, 0.29) is 0 Å². The topological polar surface area (TPSA) is 9.23 Å². The van der Waals surface area contributed by atoms with Crippen LogP contribution in [0, 0.1) is 17.8 Å². The highest BCUT2D eigenvalue weighted by Gasteiger charge is 2.30. The van der Waals surface area contributed by atoms with E-state index in [1.807, 2.05) is 0 Å². The second-order valence-corrected chi connectivity index (χ2v) is 9.45. The van der Waals surface area contributed by atoms with Crippen LogP contribution in [-0.4, -0.2) is 12.7 Å². The van der Waals surface area contributed by atoms with E-state index in [1.165, 1.54) is 116 Å². The van der Waals surface area contributed by atoms with Crippen LogP contribution in [0.4, 0.5) is 0 Å². The molecule has 1 heteroatoms. The van der Waals surface area contributed by atoms with Gasteiger partial charge in [0.1, 0.15) is 0 Å². The maximum absolute atomic E-state index is 6.20. The number of ether oxygens (including phenoxy) is 1. The molecule has 0 spiro atoms. The molecule has 2 rings (SSSR count). The SMILES string of the molecule is CCCCCCCCO[C@H]1CC[C@H](C2CCC(CCCCC)CC2)CC1. The molecule has 0 heterocycles. The summed E-state index contributed by atoms with van der Waals surface area (Å²) in [6, 6.07) is 0. The van der Waals surface area contributed by atoms with E-state index in [1.54, 1.807) is 0 Å². The van der Waals surface area contributed by atoms with E-state index in [4.69, 9.17) is 4.74 Å². The van der Waals surface area contributed by atoms with Crippen LogP contribution < -0.4 is 0 Å². The van der Waals surface area contributed by atoms with E-state index in [2.05, 4.69) is 13.8 Å².